The smallest absolute Gasteiger partial charge is 0.292 e. The van der Waals surface area contributed by atoms with Gasteiger partial charge in [0.2, 0.25) is 0 Å². The molecule has 0 N–H and O–H groups in total. The molecule has 1 aliphatic heterocycles. The zero-order valence-electron chi connectivity index (χ0n) is 13.2. The quantitative estimate of drug-likeness (QED) is 0.633. The van der Waals surface area contributed by atoms with Crippen molar-refractivity contribution < 1.29 is 18.5 Å². The molecule has 1 saturated heterocycles. The minimum atomic E-state index is -0.897. The van der Waals surface area contributed by atoms with Crippen LogP contribution in [0.3, 0.4) is 0 Å². The lowest BCUT2D eigenvalue weighted by Crippen LogP contribution is -2.49. The topological polar surface area (TPSA) is 66.7 Å². The largest absolute Gasteiger partial charge is 0.362 e. The molecule has 0 aromatic heterocycles. The molecule has 0 bridgehead atoms. The summed E-state index contributed by atoms with van der Waals surface area (Å²) in [5.74, 6) is -2.15. The number of nitro groups is 1. The van der Waals surface area contributed by atoms with Crippen molar-refractivity contribution in [2.24, 2.45) is 0 Å². The molecule has 130 valence electrons. The molecule has 6 nitrogen and oxygen atoms in total. The number of nitrogens with zero attached hydrogens (tertiary/aromatic N) is 3. The van der Waals surface area contributed by atoms with Crippen LogP contribution < -0.4 is 4.90 Å². The number of piperazine rings is 1. The average molecular weight is 347 g/mol. The summed E-state index contributed by atoms with van der Waals surface area (Å²) in [7, 11) is 0. The van der Waals surface area contributed by atoms with Gasteiger partial charge in [-0.1, -0.05) is 12.1 Å². The molecule has 2 aromatic rings. The molecule has 0 atom stereocenters. The molecule has 25 heavy (non-hydrogen) atoms. The Morgan fingerprint density at radius 3 is 2.36 bits per heavy atom. The van der Waals surface area contributed by atoms with Crippen LogP contribution in [0.2, 0.25) is 0 Å². The van der Waals surface area contributed by atoms with Crippen LogP contribution in [0.4, 0.5) is 20.2 Å². The van der Waals surface area contributed by atoms with Gasteiger partial charge >= 0.3 is 0 Å². The Kier molecular flexibility index (Phi) is 4.60. The van der Waals surface area contributed by atoms with Crippen molar-refractivity contribution in [1.29, 1.82) is 0 Å². The maximum Gasteiger partial charge on any atom is 0.292 e. The van der Waals surface area contributed by atoms with E-state index in [1.807, 2.05) is 4.90 Å². The number of carbonyl (C=O) groups is 1. The molecule has 2 aromatic carbocycles. The second-order valence-corrected chi connectivity index (χ2v) is 5.65. The first-order valence-electron chi connectivity index (χ1n) is 7.70. The van der Waals surface area contributed by atoms with Gasteiger partial charge in [-0.15, -0.1) is 0 Å². The van der Waals surface area contributed by atoms with Gasteiger partial charge in [-0.05, 0) is 18.2 Å². The van der Waals surface area contributed by atoms with E-state index in [0.717, 1.165) is 12.1 Å². The molecule has 0 aliphatic carbocycles. The number of hydrogen-bond acceptors (Lipinski definition) is 4. The lowest BCUT2D eigenvalue weighted by molar-refractivity contribution is -0.384. The predicted octanol–water partition coefficient (Wildman–Crippen LogP) is 2.84. The maximum absolute atomic E-state index is 13.8. The summed E-state index contributed by atoms with van der Waals surface area (Å²) in [5.41, 5.74) is 0.319. The third-order valence-electron chi connectivity index (χ3n) is 4.15. The molecule has 1 amide bonds. The molecular weight excluding hydrogens is 332 g/mol. The maximum atomic E-state index is 13.8. The Morgan fingerprint density at radius 2 is 1.72 bits per heavy atom. The molecule has 0 unspecified atom stereocenters. The van der Waals surface area contributed by atoms with Crippen LogP contribution >= 0.6 is 0 Å². The monoisotopic (exact) mass is 347 g/mol. The minimum Gasteiger partial charge on any atom is -0.362 e. The lowest BCUT2D eigenvalue weighted by Gasteiger charge is -2.35. The Morgan fingerprint density at radius 1 is 1.04 bits per heavy atom. The Labute approximate surface area is 142 Å². The third-order valence-corrected chi connectivity index (χ3v) is 4.15. The summed E-state index contributed by atoms with van der Waals surface area (Å²) in [6.45, 7) is 1.36. The van der Waals surface area contributed by atoms with Gasteiger partial charge in [0.1, 0.15) is 17.3 Å². The molecule has 0 radical (unpaired) electrons. The molecular formula is C17H15F2N3O3. The van der Waals surface area contributed by atoms with Crippen molar-refractivity contribution in [3.05, 3.63) is 69.8 Å². The second-order valence-electron chi connectivity index (χ2n) is 5.65. The number of carbonyl (C=O) groups excluding carboxylic acids is 1. The van der Waals surface area contributed by atoms with E-state index in [4.69, 9.17) is 0 Å². The summed E-state index contributed by atoms with van der Waals surface area (Å²) >= 11 is 0. The fraction of sp³-hybridized carbons (Fsp3) is 0.235. The zero-order chi connectivity index (χ0) is 18.0. The number of para-hydroxylation sites is 2. The first-order chi connectivity index (χ1) is 12.0. The molecule has 8 heteroatoms. The van der Waals surface area contributed by atoms with E-state index in [0.29, 0.717) is 37.9 Å². The summed E-state index contributed by atoms with van der Waals surface area (Å²) in [5, 5.41) is 11.1. The number of amides is 1. The molecule has 0 spiro atoms. The van der Waals surface area contributed by atoms with Crippen molar-refractivity contribution in [3.63, 3.8) is 0 Å². The summed E-state index contributed by atoms with van der Waals surface area (Å²) < 4.78 is 26.7. The number of anilines is 1. The van der Waals surface area contributed by atoms with Crippen molar-refractivity contribution in [3.8, 4) is 0 Å². The highest BCUT2D eigenvalue weighted by Gasteiger charge is 2.27. The van der Waals surface area contributed by atoms with Crippen LogP contribution in [0.5, 0.6) is 0 Å². The molecule has 3 rings (SSSR count). The number of halogens is 2. The van der Waals surface area contributed by atoms with Gasteiger partial charge in [-0.2, -0.15) is 0 Å². The van der Waals surface area contributed by atoms with E-state index < -0.39 is 22.5 Å². The van der Waals surface area contributed by atoms with E-state index >= 15 is 0 Å². The highest BCUT2D eigenvalue weighted by Crippen LogP contribution is 2.28. The third kappa shape index (κ3) is 3.42. The van der Waals surface area contributed by atoms with Crippen LogP contribution in [-0.2, 0) is 0 Å². The molecule has 0 saturated carbocycles. The summed E-state index contributed by atoms with van der Waals surface area (Å²) in [6, 6.07) is 9.25. The van der Waals surface area contributed by atoms with E-state index in [-0.39, 0.29) is 11.3 Å². The van der Waals surface area contributed by atoms with Crippen molar-refractivity contribution in [1.82, 2.24) is 4.90 Å². The van der Waals surface area contributed by atoms with Crippen LogP contribution in [0.1, 0.15) is 10.4 Å². The molecule has 1 aliphatic rings. The van der Waals surface area contributed by atoms with E-state index in [9.17, 15) is 23.7 Å². The zero-order valence-corrected chi connectivity index (χ0v) is 13.2. The van der Waals surface area contributed by atoms with E-state index in [1.165, 1.54) is 11.0 Å². The van der Waals surface area contributed by atoms with E-state index in [2.05, 4.69) is 0 Å². The Bertz CT molecular complexity index is 821. The summed E-state index contributed by atoms with van der Waals surface area (Å²) in [6.07, 6.45) is 0. The highest BCUT2D eigenvalue weighted by molar-refractivity contribution is 5.94. The normalized spacial score (nSPS) is 14.5. The molecule has 1 fully saturated rings. The predicted molar refractivity (Wildman–Crippen MR) is 87.6 cm³/mol. The Balaban J connectivity index is 1.72. The fourth-order valence-corrected chi connectivity index (χ4v) is 2.87. The van der Waals surface area contributed by atoms with Gasteiger partial charge in [0.15, 0.2) is 0 Å². The van der Waals surface area contributed by atoms with Crippen LogP contribution in [0.15, 0.2) is 42.5 Å². The Hall–Kier alpha value is -3.03. The van der Waals surface area contributed by atoms with Gasteiger partial charge in [-0.3, -0.25) is 14.9 Å². The number of nitro benzene ring substituents is 1. The van der Waals surface area contributed by atoms with Gasteiger partial charge in [0.05, 0.1) is 10.5 Å². The number of hydrogen-bond donors (Lipinski definition) is 0. The highest BCUT2D eigenvalue weighted by atomic mass is 19.1. The van der Waals surface area contributed by atoms with Gasteiger partial charge in [0.25, 0.3) is 11.6 Å². The van der Waals surface area contributed by atoms with Crippen LogP contribution in [0, 0.1) is 21.7 Å². The first-order valence-corrected chi connectivity index (χ1v) is 7.70. The van der Waals surface area contributed by atoms with E-state index in [1.54, 1.807) is 18.2 Å². The van der Waals surface area contributed by atoms with Gasteiger partial charge in [-0.25, -0.2) is 8.78 Å². The number of benzene rings is 2. The van der Waals surface area contributed by atoms with Crippen molar-refractivity contribution in [2.45, 2.75) is 0 Å². The SMILES string of the molecule is O=C(c1ccc(F)cc1F)N1CCN(c2ccccc2[N+](=O)[O-])CC1. The summed E-state index contributed by atoms with van der Waals surface area (Å²) in [4.78, 5) is 26.4. The lowest BCUT2D eigenvalue weighted by atomic mass is 10.1. The fourth-order valence-electron chi connectivity index (χ4n) is 2.87. The standard InChI is InChI=1S/C17H15F2N3O3/c18-12-5-6-13(14(19)11-12)17(23)21-9-7-20(8-10-21)15-3-1-2-4-16(15)22(24)25/h1-6,11H,7-10H2. The first kappa shape index (κ1) is 16.8. The van der Waals surface area contributed by atoms with Crippen LogP contribution in [0.25, 0.3) is 0 Å². The average Bonchev–Trinajstić information content (AvgIpc) is 2.61. The second kappa shape index (κ2) is 6.84. The number of rotatable bonds is 3. The van der Waals surface area contributed by atoms with Gasteiger partial charge < -0.3 is 9.80 Å². The van der Waals surface area contributed by atoms with Gasteiger partial charge in [0, 0.05) is 38.3 Å². The molecule has 1 heterocycles. The van der Waals surface area contributed by atoms with Crippen molar-refractivity contribution in [2.75, 3.05) is 31.1 Å². The van der Waals surface area contributed by atoms with Crippen LogP contribution in [-0.4, -0.2) is 41.9 Å². The minimum absolute atomic E-state index is 0.00635. The van der Waals surface area contributed by atoms with Crippen molar-refractivity contribution >= 4 is 17.3 Å².